The SMILES string of the molecule is CC1CNCCC1NCc1ccc(OC(F)F)cc1. The molecule has 2 N–H and O–H groups in total. The molecule has 0 saturated carbocycles. The molecular weight excluding hydrogens is 250 g/mol. The third-order valence-corrected chi connectivity index (χ3v) is 3.50. The number of nitrogens with one attached hydrogen (secondary N) is 2. The van der Waals surface area contributed by atoms with Gasteiger partial charge in [-0.1, -0.05) is 19.1 Å². The van der Waals surface area contributed by atoms with E-state index in [0.29, 0.717) is 12.0 Å². The van der Waals surface area contributed by atoms with Crippen LogP contribution in [0.1, 0.15) is 18.9 Å². The molecule has 2 unspecified atom stereocenters. The first-order valence-electron chi connectivity index (χ1n) is 6.63. The Morgan fingerprint density at radius 2 is 2.11 bits per heavy atom. The Balaban J connectivity index is 1.82. The zero-order chi connectivity index (χ0) is 13.7. The quantitative estimate of drug-likeness (QED) is 0.862. The van der Waals surface area contributed by atoms with Crippen molar-refractivity contribution in [2.75, 3.05) is 13.1 Å². The van der Waals surface area contributed by atoms with Crippen molar-refractivity contribution in [3.8, 4) is 5.75 Å². The smallest absolute Gasteiger partial charge is 0.387 e. The maximum atomic E-state index is 12.0. The predicted molar refractivity (Wildman–Crippen MR) is 70.4 cm³/mol. The third-order valence-electron chi connectivity index (χ3n) is 3.50. The second-order valence-corrected chi connectivity index (χ2v) is 4.98. The first-order valence-corrected chi connectivity index (χ1v) is 6.63. The van der Waals surface area contributed by atoms with Crippen LogP contribution >= 0.6 is 0 Å². The van der Waals surface area contributed by atoms with Crippen molar-refractivity contribution >= 4 is 0 Å². The van der Waals surface area contributed by atoms with E-state index in [4.69, 9.17) is 0 Å². The number of alkyl halides is 2. The van der Waals surface area contributed by atoms with Gasteiger partial charge >= 0.3 is 6.61 Å². The van der Waals surface area contributed by atoms with Gasteiger partial charge in [0.05, 0.1) is 0 Å². The maximum absolute atomic E-state index is 12.0. The third kappa shape index (κ3) is 4.44. The first kappa shape index (κ1) is 14.2. The summed E-state index contributed by atoms with van der Waals surface area (Å²) in [6.45, 7) is 2.30. The second kappa shape index (κ2) is 6.82. The highest BCUT2D eigenvalue weighted by Crippen LogP contribution is 2.16. The fourth-order valence-electron chi connectivity index (χ4n) is 2.36. The number of hydrogen-bond acceptors (Lipinski definition) is 3. The van der Waals surface area contributed by atoms with Crippen LogP contribution < -0.4 is 15.4 Å². The number of hydrogen-bond donors (Lipinski definition) is 2. The lowest BCUT2D eigenvalue weighted by Crippen LogP contribution is -2.45. The van der Waals surface area contributed by atoms with Gasteiger partial charge in [0, 0.05) is 12.6 Å². The molecule has 0 amide bonds. The maximum Gasteiger partial charge on any atom is 0.387 e. The van der Waals surface area contributed by atoms with Gasteiger partial charge in [-0.2, -0.15) is 8.78 Å². The minimum atomic E-state index is -2.76. The van der Waals surface area contributed by atoms with E-state index in [2.05, 4.69) is 22.3 Å². The summed E-state index contributed by atoms with van der Waals surface area (Å²) < 4.78 is 28.3. The topological polar surface area (TPSA) is 33.3 Å². The molecule has 19 heavy (non-hydrogen) atoms. The molecule has 1 heterocycles. The van der Waals surface area contributed by atoms with Crippen LogP contribution in [0.2, 0.25) is 0 Å². The number of benzene rings is 1. The molecule has 0 aromatic heterocycles. The molecule has 1 aliphatic rings. The first-order chi connectivity index (χ1) is 9.15. The lowest BCUT2D eigenvalue weighted by Gasteiger charge is -2.30. The van der Waals surface area contributed by atoms with Crippen molar-refractivity contribution in [1.82, 2.24) is 10.6 Å². The number of rotatable bonds is 5. The van der Waals surface area contributed by atoms with Crippen LogP contribution in [0, 0.1) is 5.92 Å². The Bertz CT molecular complexity index is 384. The molecule has 0 spiro atoms. The summed E-state index contributed by atoms with van der Waals surface area (Å²) in [5, 5.41) is 6.88. The Morgan fingerprint density at radius 3 is 2.74 bits per heavy atom. The molecule has 106 valence electrons. The van der Waals surface area contributed by atoms with Crippen molar-refractivity contribution in [3.05, 3.63) is 29.8 Å². The van der Waals surface area contributed by atoms with Crippen LogP contribution in [0.15, 0.2) is 24.3 Å². The van der Waals surface area contributed by atoms with E-state index in [1.165, 1.54) is 0 Å². The highest BCUT2D eigenvalue weighted by Gasteiger charge is 2.19. The summed E-state index contributed by atoms with van der Waals surface area (Å²) in [6, 6.07) is 7.30. The largest absolute Gasteiger partial charge is 0.435 e. The van der Waals surface area contributed by atoms with Crippen LogP contribution in [0.5, 0.6) is 5.75 Å². The van der Waals surface area contributed by atoms with Crippen LogP contribution in [-0.4, -0.2) is 25.7 Å². The molecule has 0 bridgehead atoms. The average Bonchev–Trinajstić information content (AvgIpc) is 2.39. The molecule has 2 atom stereocenters. The normalized spacial score (nSPS) is 23.6. The molecule has 2 rings (SSSR count). The summed E-state index contributed by atoms with van der Waals surface area (Å²) in [5.74, 6) is 0.809. The molecule has 3 nitrogen and oxygen atoms in total. The van der Waals surface area contributed by atoms with Gasteiger partial charge in [-0.3, -0.25) is 0 Å². The van der Waals surface area contributed by atoms with E-state index >= 15 is 0 Å². The lowest BCUT2D eigenvalue weighted by molar-refractivity contribution is -0.0498. The average molecular weight is 270 g/mol. The number of piperidine rings is 1. The Labute approximate surface area is 112 Å². The van der Waals surface area contributed by atoms with Gasteiger partial charge in [-0.15, -0.1) is 0 Å². The van der Waals surface area contributed by atoms with Crippen LogP contribution in [0.25, 0.3) is 0 Å². The summed E-state index contributed by atoms with van der Waals surface area (Å²) in [6.07, 6.45) is 1.12. The van der Waals surface area contributed by atoms with Gasteiger partial charge in [-0.05, 0) is 43.1 Å². The minimum Gasteiger partial charge on any atom is -0.435 e. The number of halogens is 2. The summed E-state index contributed by atoms with van der Waals surface area (Å²) in [7, 11) is 0. The van der Waals surface area contributed by atoms with Crippen molar-refractivity contribution in [2.24, 2.45) is 5.92 Å². The predicted octanol–water partition coefficient (Wildman–Crippen LogP) is 2.38. The zero-order valence-corrected chi connectivity index (χ0v) is 11.0. The molecule has 5 heteroatoms. The second-order valence-electron chi connectivity index (χ2n) is 4.98. The fraction of sp³-hybridized carbons (Fsp3) is 0.571. The van der Waals surface area contributed by atoms with Gasteiger partial charge < -0.3 is 15.4 Å². The Morgan fingerprint density at radius 1 is 1.37 bits per heavy atom. The molecule has 1 fully saturated rings. The highest BCUT2D eigenvalue weighted by molar-refractivity contribution is 5.27. The monoisotopic (exact) mass is 270 g/mol. The standard InChI is InChI=1S/C14H20F2N2O/c1-10-8-17-7-6-13(10)18-9-11-2-4-12(5-3-11)19-14(15)16/h2-5,10,13-14,17-18H,6-9H2,1H3. The van der Waals surface area contributed by atoms with Gasteiger partial charge in [0.2, 0.25) is 0 Å². The molecule has 1 aromatic rings. The van der Waals surface area contributed by atoms with Gasteiger partial charge in [0.1, 0.15) is 5.75 Å². The summed E-state index contributed by atoms with van der Waals surface area (Å²) in [4.78, 5) is 0. The van der Waals surface area contributed by atoms with Crippen LogP contribution in [-0.2, 0) is 6.54 Å². The van der Waals surface area contributed by atoms with Crippen molar-refractivity contribution in [3.63, 3.8) is 0 Å². The minimum absolute atomic E-state index is 0.203. The molecular formula is C14H20F2N2O. The van der Waals surface area contributed by atoms with E-state index in [1.807, 2.05) is 12.1 Å². The van der Waals surface area contributed by atoms with Crippen molar-refractivity contribution < 1.29 is 13.5 Å². The molecule has 1 saturated heterocycles. The molecule has 0 radical (unpaired) electrons. The zero-order valence-electron chi connectivity index (χ0n) is 11.0. The Kier molecular flexibility index (Phi) is 5.10. The van der Waals surface area contributed by atoms with E-state index < -0.39 is 6.61 Å². The summed E-state index contributed by atoms with van der Waals surface area (Å²) >= 11 is 0. The van der Waals surface area contributed by atoms with Crippen LogP contribution in [0.4, 0.5) is 8.78 Å². The van der Waals surface area contributed by atoms with Crippen molar-refractivity contribution in [2.45, 2.75) is 32.5 Å². The fourth-order valence-corrected chi connectivity index (χ4v) is 2.36. The van der Waals surface area contributed by atoms with E-state index in [9.17, 15) is 8.78 Å². The van der Waals surface area contributed by atoms with E-state index in [-0.39, 0.29) is 5.75 Å². The lowest BCUT2D eigenvalue weighted by atomic mass is 9.95. The van der Waals surface area contributed by atoms with Gasteiger partial charge in [0.25, 0.3) is 0 Å². The molecule has 1 aliphatic heterocycles. The van der Waals surface area contributed by atoms with E-state index in [1.54, 1.807) is 12.1 Å². The van der Waals surface area contributed by atoms with Gasteiger partial charge in [-0.25, -0.2) is 0 Å². The summed E-state index contributed by atoms with van der Waals surface area (Å²) in [5.41, 5.74) is 1.08. The van der Waals surface area contributed by atoms with Crippen LogP contribution in [0.3, 0.4) is 0 Å². The highest BCUT2D eigenvalue weighted by atomic mass is 19.3. The number of ether oxygens (including phenoxy) is 1. The van der Waals surface area contributed by atoms with Crippen molar-refractivity contribution in [1.29, 1.82) is 0 Å². The molecule has 1 aromatic carbocycles. The van der Waals surface area contributed by atoms with E-state index in [0.717, 1.165) is 31.6 Å². The van der Waals surface area contributed by atoms with Gasteiger partial charge in [0.15, 0.2) is 0 Å². The Hall–Kier alpha value is -1.20. The molecule has 0 aliphatic carbocycles.